The zero-order valence-corrected chi connectivity index (χ0v) is 16.6. The summed E-state index contributed by atoms with van der Waals surface area (Å²) in [6.07, 6.45) is 3.58. The van der Waals surface area contributed by atoms with Crippen molar-refractivity contribution in [3.8, 4) is 0 Å². The standard InChI is InChI=1S/C18H25ClN2O5S/c19-14-1-2-17(16(11-14)18(22)23)27(24,25)20-15-3-7-21(8-4-15)12-13-5-9-26-10-6-13/h1-2,11,13,15,20H,3-10,12H2,(H,22,23). The van der Waals surface area contributed by atoms with Crippen LogP contribution in [0.4, 0.5) is 0 Å². The first-order valence-electron chi connectivity index (χ1n) is 9.20. The van der Waals surface area contributed by atoms with Crippen LogP contribution in [-0.4, -0.2) is 63.3 Å². The van der Waals surface area contributed by atoms with Crippen molar-refractivity contribution in [3.05, 3.63) is 28.8 Å². The van der Waals surface area contributed by atoms with E-state index in [-0.39, 0.29) is 21.5 Å². The van der Waals surface area contributed by atoms with Crippen molar-refractivity contribution in [3.63, 3.8) is 0 Å². The molecule has 2 fully saturated rings. The van der Waals surface area contributed by atoms with Crippen LogP contribution in [0.5, 0.6) is 0 Å². The highest BCUT2D eigenvalue weighted by Gasteiger charge is 2.28. The van der Waals surface area contributed by atoms with Gasteiger partial charge in [-0.3, -0.25) is 0 Å². The van der Waals surface area contributed by atoms with Crippen molar-refractivity contribution in [2.45, 2.75) is 36.6 Å². The fraction of sp³-hybridized carbons (Fsp3) is 0.611. The normalized spacial score (nSPS) is 20.6. The van der Waals surface area contributed by atoms with Crippen molar-refractivity contribution in [2.24, 2.45) is 5.92 Å². The van der Waals surface area contributed by atoms with E-state index in [1.165, 1.54) is 12.1 Å². The molecule has 1 aromatic rings. The Morgan fingerprint density at radius 3 is 2.52 bits per heavy atom. The van der Waals surface area contributed by atoms with Crippen LogP contribution < -0.4 is 4.72 Å². The Bertz CT molecular complexity index is 772. The van der Waals surface area contributed by atoms with Crippen LogP contribution >= 0.6 is 11.6 Å². The van der Waals surface area contributed by atoms with E-state index in [1.807, 2.05) is 0 Å². The highest BCUT2D eigenvalue weighted by atomic mass is 35.5. The van der Waals surface area contributed by atoms with Crippen molar-refractivity contribution >= 4 is 27.6 Å². The van der Waals surface area contributed by atoms with E-state index in [0.29, 0.717) is 18.8 Å². The maximum Gasteiger partial charge on any atom is 0.337 e. The van der Waals surface area contributed by atoms with Crippen LogP contribution in [0.1, 0.15) is 36.0 Å². The number of ether oxygens (including phenoxy) is 1. The Labute approximate surface area is 164 Å². The molecule has 9 heteroatoms. The number of benzene rings is 1. The Morgan fingerprint density at radius 1 is 1.22 bits per heavy atom. The number of rotatable bonds is 6. The van der Waals surface area contributed by atoms with E-state index < -0.39 is 16.0 Å². The lowest BCUT2D eigenvalue weighted by Crippen LogP contribution is -2.46. The minimum atomic E-state index is -3.92. The Hall–Kier alpha value is -1.19. The molecule has 0 atom stereocenters. The van der Waals surface area contributed by atoms with E-state index >= 15 is 0 Å². The van der Waals surface area contributed by atoms with Crippen LogP contribution in [0, 0.1) is 5.92 Å². The van der Waals surface area contributed by atoms with Gasteiger partial charge in [-0.2, -0.15) is 0 Å². The molecule has 0 bridgehead atoms. The van der Waals surface area contributed by atoms with Crippen molar-refractivity contribution < 1.29 is 23.1 Å². The zero-order chi connectivity index (χ0) is 19.4. The van der Waals surface area contributed by atoms with E-state index in [9.17, 15) is 18.3 Å². The summed E-state index contributed by atoms with van der Waals surface area (Å²) < 4.78 is 33.4. The first-order valence-corrected chi connectivity index (χ1v) is 11.1. The maximum absolute atomic E-state index is 12.7. The molecular formula is C18H25ClN2O5S. The third-order valence-electron chi connectivity index (χ3n) is 5.23. The van der Waals surface area contributed by atoms with Gasteiger partial charge in [-0.1, -0.05) is 11.6 Å². The summed E-state index contributed by atoms with van der Waals surface area (Å²) in [7, 11) is -3.92. The molecule has 2 N–H and O–H groups in total. The number of sulfonamides is 1. The summed E-state index contributed by atoms with van der Waals surface area (Å²) in [6, 6.07) is 3.60. The number of carboxylic acids is 1. The van der Waals surface area contributed by atoms with Gasteiger partial charge in [0.15, 0.2) is 0 Å². The second-order valence-electron chi connectivity index (χ2n) is 7.20. The van der Waals surface area contributed by atoms with Crippen LogP contribution in [0.2, 0.25) is 5.02 Å². The largest absolute Gasteiger partial charge is 0.478 e. The number of carbonyl (C=O) groups is 1. The quantitative estimate of drug-likeness (QED) is 0.738. The van der Waals surface area contributed by atoms with Crippen molar-refractivity contribution in [1.82, 2.24) is 9.62 Å². The number of hydrogen-bond acceptors (Lipinski definition) is 5. The third-order valence-corrected chi connectivity index (χ3v) is 7.04. The Morgan fingerprint density at radius 2 is 1.89 bits per heavy atom. The summed E-state index contributed by atoms with van der Waals surface area (Å²) in [5.74, 6) is -0.664. The first kappa shape index (κ1) is 20.5. The molecule has 0 radical (unpaired) electrons. The van der Waals surface area contributed by atoms with Gasteiger partial charge in [-0.05, 0) is 62.9 Å². The molecule has 0 saturated carbocycles. The summed E-state index contributed by atoms with van der Waals surface area (Å²) in [4.78, 5) is 13.5. The summed E-state index contributed by atoms with van der Waals surface area (Å²) >= 11 is 5.81. The fourth-order valence-electron chi connectivity index (χ4n) is 3.71. The van der Waals surface area contributed by atoms with Crippen LogP contribution in [0.3, 0.4) is 0 Å². The smallest absolute Gasteiger partial charge is 0.337 e. The predicted octanol–water partition coefficient (Wildman–Crippen LogP) is 2.21. The summed E-state index contributed by atoms with van der Waals surface area (Å²) in [5.41, 5.74) is -0.313. The lowest BCUT2D eigenvalue weighted by atomic mass is 9.97. The molecule has 7 nitrogen and oxygen atoms in total. The number of piperidine rings is 1. The van der Waals surface area contributed by atoms with E-state index in [4.69, 9.17) is 16.3 Å². The number of aromatic carboxylic acids is 1. The monoisotopic (exact) mass is 416 g/mol. The number of halogens is 1. The lowest BCUT2D eigenvalue weighted by molar-refractivity contribution is 0.0486. The van der Waals surface area contributed by atoms with Crippen LogP contribution in [0.15, 0.2) is 23.1 Å². The van der Waals surface area contributed by atoms with Crippen molar-refractivity contribution in [2.75, 3.05) is 32.8 Å². The van der Waals surface area contributed by atoms with E-state index in [0.717, 1.165) is 51.8 Å². The van der Waals surface area contributed by atoms with Crippen molar-refractivity contribution in [1.29, 1.82) is 0 Å². The number of nitrogens with one attached hydrogen (secondary N) is 1. The van der Waals surface area contributed by atoms with Gasteiger partial charge in [0, 0.05) is 30.8 Å². The number of hydrogen-bond donors (Lipinski definition) is 2. The van der Waals surface area contributed by atoms with Crippen LogP contribution in [-0.2, 0) is 14.8 Å². The molecule has 2 saturated heterocycles. The van der Waals surface area contributed by atoms with E-state index in [1.54, 1.807) is 0 Å². The van der Waals surface area contributed by atoms with Gasteiger partial charge in [-0.25, -0.2) is 17.9 Å². The average molecular weight is 417 g/mol. The topological polar surface area (TPSA) is 95.9 Å². The lowest BCUT2D eigenvalue weighted by Gasteiger charge is -2.35. The molecule has 3 rings (SSSR count). The third kappa shape index (κ3) is 5.42. The minimum Gasteiger partial charge on any atom is -0.478 e. The molecule has 0 aromatic heterocycles. The molecule has 150 valence electrons. The minimum absolute atomic E-state index is 0.188. The van der Waals surface area contributed by atoms with E-state index in [2.05, 4.69) is 9.62 Å². The van der Waals surface area contributed by atoms with Gasteiger partial charge in [-0.15, -0.1) is 0 Å². The molecule has 1 aromatic carbocycles. The average Bonchev–Trinajstić information content (AvgIpc) is 2.63. The fourth-order valence-corrected chi connectivity index (χ4v) is 5.37. The Kier molecular flexibility index (Phi) is 6.75. The van der Waals surface area contributed by atoms with Gasteiger partial charge in [0.1, 0.15) is 0 Å². The molecule has 2 aliphatic heterocycles. The molecule has 0 spiro atoms. The maximum atomic E-state index is 12.7. The molecule has 0 unspecified atom stereocenters. The Balaban J connectivity index is 1.59. The van der Waals surface area contributed by atoms with Gasteiger partial charge in [0.05, 0.1) is 10.5 Å². The molecule has 2 aliphatic rings. The molecule has 0 amide bonds. The molecule has 0 aliphatic carbocycles. The molecule has 2 heterocycles. The number of carboxylic acid groups (broad SMARTS) is 1. The highest BCUT2D eigenvalue weighted by molar-refractivity contribution is 7.89. The second-order valence-corrected chi connectivity index (χ2v) is 9.32. The molecular weight excluding hydrogens is 392 g/mol. The SMILES string of the molecule is O=C(O)c1cc(Cl)ccc1S(=O)(=O)NC1CCN(CC2CCOCC2)CC1. The predicted molar refractivity (Wildman–Crippen MR) is 102 cm³/mol. The van der Waals surface area contributed by atoms with Crippen LogP contribution in [0.25, 0.3) is 0 Å². The summed E-state index contributed by atoms with van der Waals surface area (Å²) in [5, 5.41) is 9.47. The van der Waals surface area contributed by atoms with Gasteiger partial charge < -0.3 is 14.7 Å². The van der Waals surface area contributed by atoms with Gasteiger partial charge in [0.2, 0.25) is 10.0 Å². The number of nitrogens with zero attached hydrogens (tertiary/aromatic N) is 1. The first-order chi connectivity index (χ1) is 12.8. The van der Waals surface area contributed by atoms with Gasteiger partial charge >= 0.3 is 5.97 Å². The van der Waals surface area contributed by atoms with Gasteiger partial charge in [0.25, 0.3) is 0 Å². The zero-order valence-electron chi connectivity index (χ0n) is 15.1. The molecule has 27 heavy (non-hydrogen) atoms. The number of likely N-dealkylation sites (tertiary alicyclic amines) is 1. The highest BCUT2D eigenvalue weighted by Crippen LogP contribution is 2.23. The summed E-state index contributed by atoms with van der Waals surface area (Å²) in [6.45, 7) is 4.35. The second kappa shape index (κ2) is 8.87.